The molecule has 0 aliphatic heterocycles. The third kappa shape index (κ3) is 28.9. The Morgan fingerprint density at radius 3 is 1.66 bits per heavy atom. The van der Waals surface area contributed by atoms with Gasteiger partial charge in [-0.15, -0.1) is 0 Å². The highest BCUT2D eigenvalue weighted by atomic mass is 16.5. The van der Waals surface area contributed by atoms with Crippen molar-refractivity contribution >= 4 is 11.8 Å². The van der Waals surface area contributed by atoms with Gasteiger partial charge in [0.05, 0.1) is 19.8 Å². The molecule has 2 amide bonds. The molecule has 208 valence electrons. The van der Waals surface area contributed by atoms with E-state index in [1.807, 2.05) is 0 Å². The SMILES string of the molecule is CCCCCCCCCCCCCCCCCCNCCCC(=O)NCC(=O)NCCOCCN. The number of nitrogens with two attached hydrogens (primary N) is 1. The lowest BCUT2D eigenvalue weighted by molar-refractivity contribution is -0.126. The van der Waals surface area contributed by atoms with E-state index in [0.717, 1.165) is 19.5 Å². The monoisotopic (exact) mass is 498 g/mol. The minimum Gasteiger partial charge on any atom is -0.378 e. The van der Waals surface area contributed by atoms with Crippen molar-refractivity contribution in [1.82, 2.24) is 16.0 Å². The van der Waals surface area contributed by atoms with Crippen LogP contribution in [0.3, 0.4) is 0 Å². The molecular formula is C28H58N4O3. The van der Waals surface area contributed by atoms with Crippen LogP contribution in [0.1, 0.15) is 122 Å². The van der Waals surface area contributed by atoms with Gasteiger partial charge in [0.2, 0.25) is 11.8 Å². The Morgan fingerprint density at radius 2 is 1.11 bits per heavy atom. The lowest BCUT2D eigenvalue weighted by Gasteiger charge is -2.08. The minimum atomic E-state index is -0.198. The summed E-state index contributed by atoms with van der Waals surface area (Å²) in [4.78, 5) is 23.4. The van der Waals surface area contributed by atoms with E-state index >= 15 is 0 Å². The Balaban J connectivity index is 3.21. The van der Waals surface area contributed by atoms with Gasteiger partial charge in [-0.2, -0.15) is 0 Å². The molecule has 5 N–H and O–H groups in total. The lowest BCUT2D eigenvalue weighted by Crippen LogP contribution is -2.38. The first-order valence-electron chi connectivity index (χ1n) is 14.7. The third-order valence-corrected chi connectivity index (χ3v) is 6.24. The van der Waals surface area contributed by atoms with E-state index in [4.69, 9.17) is 10.5 Å². The van der Waals surface area contributed by atoms with Crippen molar-refractivity contribution in [2.75, 3.05) is 45.9 Å². The zero-order valence-electron chi connectivity index (χ0n) is 23.0. The molecule has 0 aliphatic rings. The van der Waals surface area contributed by atoms with E-state index < -0.39 is 0 Å². The number of unbranched alkanes of at least 4 members (excludes halogenated alkanes) is 15. The van der Waals surface area contributed by atoms with Gasteiger partial charge in [-0.25, -0.2) is 0 Å². The summed E-state index contributed by atoms with van der Waals surface area (Å²) in [7, 11) is 0. The number of hydrogen-bond donors (Lipinski definition) is 4. The van der Waals surface area contributed by atoms with Crippen LogP contribution in [-0.2, 0) is 14.3 Å². The summed E-state index contributed by atoms with van der Waals surface area (Å²) in [6, 6.07) is 0. The summed E-state index contributed by atoms with van der Waals surface area (Å²) in [6.07, 6.45) is 23.5. The number of carbonyl (C=O) groups is 2. The quantitative estimate of drug-likeness (QED) is 0.116. The van der Waals surface area contributed by atoms with E-state index in [0.29, 0.717) is 32.7 Å². The average molecular weight is 499 g/mol. The Hall–Kier alpha value is -1.18. The van der Waals surface area contributed by atoms with Crippen molar-refractivity contribution in [2.45, 2.75) is 122 Å². The van der Waals surface area contributed by atoms with E-state index in [-0.39, 0.29) is 18.4 Å². The second-order valence-electron chi connectivity index (χ2n) is 9.68. The van der Waals surface area contributed by atoms with Crippen LogP contribution in [0.2, 0.25) is 0 Å². The molecule has 0 aromatic heterocycles. The van der Waals surface area contributed by atoms with Crippen LogP contribution in [0, 0.1) is 0 Å². The maximum absolute atomic E-state index is 11.8. The number of rotatable bonds is 28. The second-order valence-corrected chi connectivity index (χ2v) is 9.68. The summed E-state index contributed by atoms with van der Waals surface area (Å²) in [6.45, 7) is 5.98. The van der Waals surface area contributed by atoms with Crippen LogP contribution in [0.5, 0.6) is 0 Å². The number of carbonyl (C=O) groups excluding carboxylic acids is 2. The van der Waals surface area contributed by atoms with Crippen LogP contribution in [0.4, 0.5) is 0 Å². The molecule has 0 aliphatic carbocycles. The Kier molecular flexibility index (Phi) is 28.1. The van der Waals surface area contributed by atoms with E-state index in [1.54, 1.807) is 0 Å². The number of nitrogens with one attached hydrogen (secondary N) is 3. The first-order valence-corrected chi connectivity index (χ1v) is 14.7. The van der Waals surface area contributed by atoms with Gasteiger partial charge in [0.25, 0.3) is 0 Å². The smallest absolute Gasteiger partial charge is 0.239 e. The van der Waals surface area contributed by atoms with Crippen molar-refractivity contribution in [3.63, 3.8) is 0 Å². The maximum atomic E-state index is 11.8. The maximum Gasteiger partial charge on any atom is 0.239 e. The molecule has 0 unspecified atom stereocenters. The number of ether oxygens (including phenoxy) is 1. The molecular weight excluding hydrogens is 440 g/mol. The fourth-order valence-electron chi connectivity index (χ4n) is 4.07. The molecule has 0 fully saturated rings. The van der Waals surface area contributed by atoms with Gasteiger partial charge < -0.3 is 26.4 Å². The van der Waals surface area contributed by atoms with E-state index in [9.17, 15) is 9.59 Å². The highest BCUT2D eigenvalue weighted by Gasteiger charge is 2.05. The summed E-state index contributed by atoms with van der Waals surface area (Å²) in [5, 5.41) is 8.77. The van der Waals surface area contributed by atoms with Gasteiger partial charge >= 0.3 is 0 Å². The molecule has 0 atom stereocenters. The van der Waals surface area contributed by atoms with Gasteiger partial charge in [0.1, 0.15) is 0 Å². The first-order chi connectivity index (χ1) is 17.2. The second kappa shape index (κ2) is 29.1. The molecule has 0 rings (SSSR count). The molecule has 0 saturated carbocycles. The zero-order valence-corrected chi connectivity index (χ0v) is 23.0. The van der Waals surface area contributed by atoms with Crippen LogP contribution in [0.25, 0.3) is 0 Å². The van der Waals surface area contributed by atoms with Crippen LogP contribution in [0.15, 0.2) is 0 Å². The van der Waals surface area contributed by atoms with E-state index in [1.165, 1.54) is 103 Å². The van der Waals surface area contributed by atoms with Crippen molar-refractivity contribution in [3.05, 3.63) is 0 Å². The normalized spacial score (nSPS) is 11.0. The standard InChI is InChI=1S/C28H58N4O3/c1-2-3-4-5-6-7-8-9-10-11-12-13-14-15-16-17-21-30-22-18-19-27(33)32-26-28(34)31-23-25-35-24-20-29/h30H,2-26,29H2,1H3,(H,31,34)(H,32,33). The molecule has 35 heavy (non-hydrogen) atoms. The highest BCUT2D eigenvalue weighted by molar-refractivity contribution is 5.84. The fraction of sp³-hybridized carbons (Fsp3) is 0.929. The molecule has 0 heterocycles. The average Bonchev–Trinajstić information content (AvgIpc) is 2.86. The van der Waals surface area contributed by atoms with Crippen molar-refractivity contribution in [1.29, 1.82) is 0 Å². The molecule has 0 spiro atoms. The predicted molar refractivity (Wildman–Crippen MR) is 148 cm³/mol. The lowest BCUT2D eigenvalue weighted by atomic mass is 10.0. The largest absolute Gasteiger partial charge is 0.378 e. The summed E-state index contributed by atoms with van der Waals surface area (Å²) in [5.41, 5.74) is 5.32. The van der Waals surface area contributed by atoms with Gasteiger partial charge in [-0.05, 0) is 25.9 Å². The topological polar surface area (TPSA) is 105 Å². The van der Waals surface area contributed by atoms with Crippen molar-refractivity contribution < 1.29 is 14.3 Å². The summed E-state index contributed by atoms with van der Waals surface area (Å²) < 4.78 is 5.18. The number of hydrogen-bond acceptors (Lipinski definition) is 5. The Bertz CT molecular complexity index is 463. The predicted octanol–water partition coefficient (Wildman–Crippen LogP) is 4.83. The van der Waals surface area contributed by atoms with Crippen molar-refractivity contribution in [3.8, 4) is 0 Å². The van der Waals surface area contributed by atoms with Crippen LogP contribution < -0.4 is 21.7 Å². The molecule has 0 aromatic rings. The minimum absolute atomic E-state index is 0.0162. The molecule has 7 nitrogen and oxygen atoms in total. The van der Waals surface area contributed by atoms with Gasteiger partial charge in [-0.1, -0.05) is 103 Å². The van der Waals surface area contributed by atoms with Gasteiger partial charge in [-0.3, -0.25) is 9.59 Å². The molecule has 7 heteroatoms. The summed E-state index contributed by atoms with van der Waals surface area (Å²) in [5.74, 6) is -0.278. The van der Waals surface area contributed by atoms with Crippen LogP contribution >= 0.6 is 0 Å². The Morgan fingerprint density at radius 1 is 0.600 bits per heavy atom. The number of amides is 2. The fourth-order valence-corrected chi connectivity index (χ4v) is 4.07. The Labute approximate surface area is 216 Å². The van der Waals surface area contributed by atoms with E-state index in [2.05, 4.69) is 22.9 Å². The molecule has 0 bridgehead atoms. The molecule has 0 saturated heterocycles. The van der Waals surface area contributed by atoms with Crippen LogP contribution in [-0.4, -0.2) is 57.8 Å². The van der Waals surface area contributed by atoms with Gasteiger partial charge in [0, 0.05) is 19.5 Å². The zero-order chi connectivity index (χ0) is 25.7. The third-order valence-electron chi connectivity index (χ3n) is 6.24. The first kappa shape index (κ1) is 33.8. The summed E-state index contributed by atoms with van der Waals surface area (Å²) >= 11 is 0. The highest BCUT2D eigenvalue weighted by Crippen LogP contribution is 2.13. The van der Waals surface area contributed by atoms with Crippen molar-refractivity contribution in [2.24, 2.45) is 5.73 Å². The molecule has 0 aromatic carbocycles. The molecule has 0 radical (unpaired) electrons. The van der Waals surface area contributed by atoms with Gasteiger partial charge in [0.15, 0.2) is 0 Å².